The normalized spacial score (nSPS) is 24.3. The molecule has 1 aliphatic rings. The second kappa shape index (κ2) is 4.34. The van der Waals surface area contributed by atoms with Crippen molar-refractivity contribution < 1.29 is 15.0 Å². The van der Waals surface area contributed by atoms with Crippen LogP contribution in [0, 0.1) is 0 Å². The van der Waals surface area contributed by atoms with Crippen LogP contribution in [0.4, 0.5) is 5.69 Å². The zero-order valence-electron chi connectivity index (χ0n) is 9.58. The van der Waals surface area contributed by atoms with E-state index in [9.17, 15) is 15.0 Å². The number of likely N-dealkylation sites (tertiary alicyclic amines) is 1. The van der Waals surface area contributed by atoms with E-state index in [1.54, 1.807) is 10.9 Å². The third-order valence-corrected chi connectivity index (χ3v) is 2.86. The molecular weight excluding hydrogens is 224 g/mol. The SMILES string of the molecule is CCn1cc(N)c(C(=O)N2C[C@@H](O)[C@@H](O)C2)n1. The van der Waals surface area contributed by atoms with E-state index in [0.717, 1.165) is 0 Å². The molecule has 1 aromatic rings. The van der Waals surface area contributed by atoms with Gasteiger partial charge in [-0.15, -0.1) is 0 Å². The molecule has 17 heavy (non-hydrogen) atoms. The fourth-order valence-electron chi connectivity index (χ4n) is 1.85. The molecule has 4 N–H and O–H groups in total. The number of anilines is 1. The Morgan fingerprint density at radius 2 is 2.12 bits per heavy atom. The summed E-state index contributed by atoms with van der Waals surface area (Å²) in [5.41, 5.74) is 6.19. The molecule has 1 amide bonds. The Morgan fingerprint density at radius 1 is 1.53 bits per heavy atom. The number of carbonyl (C=O) groups excluding carboxylic acids is 1. The van der Waals surface area contributed by atoms with Crippen LogP contribution in [-0.2, 0) is 6.54 Å². The molecule has 7 heteroatoms. The van der Waals surface area contributed by atoms with Crippen molar-refractivity contribution in [1.82, 2.24) is 14.7 Å². The lowest BCUT2D eigenvalue weighted by Gasteiger charge is -2.13. The molecule has 0 radical (unpaired) electrons. The number of nitrogen functional groups attached to an aromatic ring is 1. The molecule has 0 saturated carbocycles. The van der Waals surface area contributed by atoms with Crippen LogP contribution in [0.5, 0.6) is 0 Å². The third-order valence-electron chi connectivity index (χ3n) is 2.86. The smallest absolute Gasteiger partial charge is 0.276 e. The molecule has 0 spiro atoms. The number of nitrogens with two attached hydrogens (primary N) is 1. The monoisotopic (exact) mass is 240 g/mol. The first kappa shape index (κ1) is 11.9. The number of aryl methyl sites for hydroxylation is 1. The Hall–Kier alpha value is -1.60. The number of nitrogens with zero attached hydrogens (tertiary/aromatic N) is 3. The zero-order valence-corrected chi connectivity index (χ0v) is 9.58. The topological polar surface area (TPSA) is 105 Å². The highest BCUT2D eigenvalue weighted by atomic mass is 16.3. The van der Waals surface area contributed by atoms with Crippen molar-refractivity contribution in [3.05, 3.63) is 11.9 Å². The maximum atomic E-state index is 12.0. The van der Waals surface area contributed by atoms with Crippen LogP contribution in [-0.4, -0.2) is 56.1 Å². The summed E-state index contributed by atoms with van der Waals surface area (Å²) in [4.78, 5) is 13.4. The summed E-state index contributed by atoms with van der Waals surface area (Å²) in [6.07, 6.45) is -0.197. The van der Waals surface area contributed by atoms with Gasteiger partial charge in [0.05, 0.1) is 17.9 Å². The number of aliphatic hydroxyl groups is 2. The molecule has 0 unspecified atom stereocenters. The molecule has 1 aliphatic heterocycles. The molecule has 7 nitrogen and oxygen atoms in total. The van der Waals surface area contributed by atoms with Crippen LogP contribution >= 0.6 is 0 Å². The molecule has 0 bridgehead atoms. The van der Waals surface area contributed by atoms with Gasteiger partial charge in [0.2, 0.25) is 0 Å². The number of aromatic nitrogens is 2. The van der Waals surface area contributed by atoms with Crippen molar-refractivity contribution in [3.63, 3.8) is 0 Å². The predicted molar refractivity (Wildman–Crippen MR) is 60.2 cm³/mol. The number of carbonyl (C=O) groups is 1. The Morgan fingerprint density at radius 3 is 2.59 bits per heavy atom. The highest BCUT2D eigenvalue weighted by Crippen LogP contribution is 2.17. The lowest BCUT2D eigenvalue weighted by Crippen LogP contribution is -2.30. The summed E-state index contributed by atoms with van der Waals surface area (Å²) in [5, 5.41) is 22.8. The Bertz CT molecular complexity index is 421. The van der Waals surface area contributed by atoms with Crippen molar-refractivity contribution in [2.24, 2.45) is 0 Å². The van der Waals surface area contributed by atoms with Crippen molar-refractivity contribution >= 4 is 11.6 Å². The molecule has 1 aromatic heterocycles. The summed E-state index contributed by atoms with van der Waals surface area (Å²) in [6, 6.07) is 0. The van der Waals surface area contributed by atoms with Gasteiger partial charge in [-0.3, -0.25) is 9.48 Å². The van der Waals surface area contributed by atoms with E-state index in [-0.39, 0.29) is 24.7 Å². The van der Waals surface area contributed by atoms with Crippen molar-refractivity contribution in [2.75, 3.05) is 18.8 Å². The Balaban J connectivity index is 2.17. The first-order valence-corrected chi connectivity index (χ1v) is 5.51. The number of β-amino-alcohol motifs (C(OH)–C–C–N with tert-alkyl or cyclic N) is 2. The minimum Gasteiger partial charge on any atom is -0.396 e. The predicted octanol–water partition coefficient (Wildman–Crippen LogP) is -1.34. The molecule has 1 saturated heterocycles. The van der Waals surface area contributed by atoms with E-state index >= 15 is 0 Å². The number of hydrogen-bond donors (Lipinski definition) is 3. The minimum absolute atomic E-state index is 0.110. The van der Waals surface area contributed by atoms with E-state index in [2.05, 4.69) is 5.10 Å². The van der Waals surface area contributed by atoms with Gasteiger partial charge >= 0.3 is 0 Å². The van der Waals surface area contributed by atoms with Crippen molar-refractivity contribution in [2.45, 2.75) is 25.7 Å². The third kappa shape index (κ3) is 2.11. The molecule has 1 fully saturated rings. The fraction of sp³-hybridized carbons (Fsp3) is 0.600. The number of amides is 1. The van der Waals surface area contributed by atoms with E-state index < -0.39 is 12.2 Å². The van der Waals surface area contributed by atoms with E-state index in [4.69, 9.17) is 5.73 Å². The van der Waals surface area contributed by atoms with Gasteiger partial charge in [-0.25, -0.2) is 0 Å². The van der Waals surface area contributed by atoms with Crippen molar-refractivity contribution in [3.8, 4) is 0 Å². The molecule has 0 aromatic carbocycles. The summed E-state index contributed by atoms with van der Waals surface area (Å²) >= 11 is 0. The average Bonchev–Trinajstić information content (AvgIpc) is 2.82. The van der Waals surface area contributed by atoms with E-state index in [1.807, 2.05) is 6.92 Å². The van der Waals surface area contributed by atoms with Gasteiger partial charge in [-0.2, -0.15) is 5.10 Å². The first-order chi connectivity index (χ1) is 8.02. The van der Waals surface area contributed by atoms with E-state index in [0.29, 0.717) is 12.2 Å². The summed E-state index contributed by atoms with van der Waals surface area (Å²) < 4.78 is 1.57. The maximum absolute atomic E-state index is 12.0. The molecule has 0 aliphatic carbocycles. The van der Waals surface area contributed by atoms with Gasteiger partial charge < -0.3 is 20.8 Å². The quantitative estimate of drug-likeness (QED) is 0.593. The van der Waals surface area contributed by atoms with Crippen LogP contribution in [0.25, 0.3) is 0 Å². The minimum atomic E-state index is -0.895. The number of aliphatic hydroxyl groups excluding tert-OH is 2. The van der Waals surface area contributed by atoms with Crippen LogP contribution in [0.15, 0.2) is 6.20 Å². The van der Waals surface area contributed by atoms with Gasteiger partial charge in [0.25, 0.3) is 5.91 Å². The first-order valence-electron chi connectivity index (χ1n) is 5.51. The summed E-state index contributed by atoms with van der Waals surface area (Å²) in [7, 11) is 0. The van der Waals surface area contributed by atoms with Gasteiger partial charge in [0.1, 0.15) is 0 Å². The highest BCUT2D eigenvalue weighted by Gasteiger charge is 2.34. The molecule has 2 atom stereocenters. The second-order valence-corrected chi connectivity index (χ2v) is 4.13. The van der Waals surface area contributed by atoms with Gasteiger partial charge in [-0.1, -0.05) is 0 Å². The molecule has 2 heterocycles. The second-order valence-electron chi connectivity index (χ2n) is 4.13. The van der Waals surface area contributed by atoms with Gasteiger partial charge in [0.15, 0.2) is 5.69 Å². The van der Waals surface area contributed by atoms with E-state index in [1.165, 1.54) is 4.90 Å². The maximum Gasteiger partial charge on any atom is 0.276 e. The van der Waals surface area contributed by atoms with Crippen LogP contribution in [0.2, 0.25) is 0 Å². The lowest BCUT2D eigenvalue weighted by atomic mass is 10.3. The summed E-state index contributed by atoms with van der Waals surface area (Å²) in [5.74, 6) is -0.356. The summed E-state index contributed by atoms with van der Waals surface area (Å²) in [6.45, 7) is 2.74. The zero-order chi connectivity index (χ0) is 12.6. The number of rotatable bonds is 2. The van der Waals surface area contributed by atoms with Gasteiger partial charge in [0, 0.05) is 25.8 Å². The number of hydrogen-bond acceptors (Lipinski definition) is 5. The highest BCUT2D eigenvalue weighted by molar-refractivity contribution is 5.97. The largest absolute Gasteiger partial charge is 0.396 e. The molecule has 94 valence electrons. The Labute approximate surface area is 98.4 Å². The van der Waals surface area contributed by atoms with Crippen LogP contribution in [0.3, 0.4) is 0 Å². The molecule has 2 rings (SSSR count). The van der Waals surface area contributed by atoms with Crippen LogP contribution < -0.4 is 5.73 Å². The van der Waals surface area contributed by atoms with Crippen molar-refractivity contribution in [1.29, 1.82) is 0 Å². The lowest BCUT2D eigenvalue weighted by molar-refractivity contribution is 0.0572. The standard InChI is InChI=1S/C10H16N4O3/c1-2-14-3-6(11)9(12-14)10(17)13-4-7(15)8(16)5-13/h3,7-8,15-16H,2,4-5,11H2,1H3/t7-,8+. The molecular formula is C10H16N4O3. The van der Waals surface area contributed by atoms with Gasteiger partial charge in [-0.05, 0) is 6.92 Å². The Kier molecular flexibility index (Phi) is 3.03. The fourth-order valence-corrected chi connectivity index (χ4v) is 1.85. The average molecular weight is 240 g/mol. The van der Waals surface area contributed by atoms with Crippen LogP contribution in [0.1, 0.15) is 17.4 Å².